The Kier molecular flexibility index (Phi) is 4.75. The van der Waals surface area contributed by atoms with Crippen molar-refractivity contribution in [3.63, 3.8) is 0 Å². The molecule has 0 saturated carbocycles. The third kappa shape index (κ3) is 3.49. The molecule has 0 spiro atoms. The van der Waals surface area contributed by atoms with Crippen LogP contribution in [-0.2, 0) is 16.1 Å². The van der Waals surface area contributed by atoms with Crippen molar-refractivity contribution in [2.45, 2.75) is 32.0 Å². The molecule has 0 fully saturated rings. The van der Waals surface area contributed by atoms with Gasteiger partial charge in [-0.05, 0) is 30.0 Å². The summed E-state index contributed by atoms with van der Waals surface area (Å²) in [6, 6.07) is 14.4. The number of halogens is 2. The van der Waals surface area contributed by atoms with Crippen molar-refractivity contribution in [2.24, 2.45) is 5.16 Å². The molecule has 2 heterocycles. The highest BCUT2D eigenvalue weighted by Crippen LogP contribution is 2.38. The predicted molar refractivity (Wildman–Crippen MR) is 96.2 cm³/mol. The van der Waals surface area contributed by atoms with Crippen molar-refractivity contribution < 1.29 is 23.1 Å². The minimum Gasteiger partial charge on any atom is -0.433 e. The van der Waals surface area contributed by atoms with Gasteiger partial charge >= 0.3 is 6.61 Å². The van der Waals surface area contributed by atoms with E-state index in [0.717, 1.165) is 17.5 Å². The molecule has 1 unspecified atom stereocenters. The van der Waals surface area contributed by atoms with E-state index in [0.29, 0.717) is 30.8 Å². The zero-order valence-corrected chi connectivity index (χ0v) is 14.5. The van der Waals surface area contributed by atoms with Gasteiger partial charge in [-0.3, -0.25) is 4.79 Å². The number of carbonyl (C=O) groups excluding carboxylic acids is 1. The molecule has 0 aromatic heterocycles. The van der Waals surface area contributed by atoms with Crippen LogP contribution in [0.15, 0.2) is 53.7 Å². The van der Waals surface area contributed by atoms with E-state index in [2.05, 4.69) is 9.89 Å². The van der Waals surface area contributed by atoms with Gasteiger partial charge in [0.1, 0.15) is 5.75 Å². The lowest BCUT2D eigenvalue weighted by Crippen LogP contribution is -2.42. The van der Waals surface area contributed by atoms with Crippen LogP contribution in [0.4, 0.5) is 14.5 Å². The molecule has 1 atom stereocenters. The van der Waals surface area contributed by atoms with Crippen molar-refractivity contribution >= 4 is 17.3 Å². The Bertz CT molecular complexity index is 871. The lowest BCUT2D eigenvalue weighted by molar-refractivity contribution is -0.128. The van der Waals surface area contributed by atoms with Crippen molar-refractivity contribution in [3.8, 4) is 5.75 Å². The first-order chi connectivity index (χ1) is 13.1. The molecule has 1 amide bonds. The van der Waals surface area contributed by atoms with Gasteiger partial charge in [-0.1, -0.05) is 47.6 Å². The SMILES string of the molecule is O=C(C1CC(c2ccccc2)=NO1)N1CCCc2cccc(OC(F)F)c21. The van der Waals surface area contributed by atoms with E-state index in [9.17, 15) is 13.6 Å². The summed E-state index contributed by atoms with van der Waals surface area (Å²) in [5.41, 5.74) is 2.82. The first-order valence-electron chi connectivity index (χ1n) is 8.79. The van der Waals surface area contributed by atoms with E-state index < -0.39 is 12.7 Å². The molecular formula is C20H18F2N2O3. The normalized spacial score (nSPS) is 18.7. The average molecular weight is 372 g/mol. The third-order valence-electron chi connectivity index (χ3n) is 4.71. The van der Waals surface area contributed by atoms with Crippen LogP contribution in [0.2, 0.25) is 0 Å². The van der Waals surface area contributed by atoms with Gasteiger partial charge in [0.2, 0.25) is 6.10 Å². The Labute approximate surface area is 155 Å². The highest BCUT2D eigenvalue weighted by molar-refractivity contribution is 6.07. The fourth-order valence-corrected chi connectivity index (χ4v) is 3.51. The molecule has 0 saturated heterocycles. The molecule has 7 heteroatoms. The van der Waals surface area contributed by atoms with Gasteiger partial charge in [0.15, 0.2) is 0 Å². The second-order valence-corrected chi connectivity index (χ2v) is 6.44. The number of hydrogen-bond acceptors (Lipinski definition) is 4. The Morgan fingerprint density at radius 2 is 2.00 bits per heavy atom. The van der Waals surface area contributed by atoms with Gasteiger partial charge in [0.25, 0.3) is 5.91 Å². The van der Waals surface area contributed by atoms with Crippen molar-refractivity contribution in [2.75, 3.05) is 11.4 Å². The van der Waals surface area contributed by atoms with Crippen LogP contribution in [0.3, 0.4) is 0 Å². The summed E-state index contributed by atoms with van der Waals surface area (Å²) in [4.78, 5) is 19.9. The molecule has 2 aromatic rings. The van der Waals surface area contributed by atoms with Crippen molar-refractivity contribution in [1.29, 1.82) is 0 Å². The molecule has 0 bridgehead atoms. The number of fused-ring (bicyclic) bond motifs is 1. The standard InChI is InChI=1S/C20H18F2N2O3/c21-20(22)26-16-10-4-8-14-9-5-11-24(18(14)16)19(25)17-12-15(23-27-17)13-6-2-1-3-7-13/h1-4,6-8,10,17,20H,5,9,11-12H2. The largest absolute Gasteiger partial charge is 0.433 e. The van der Waals surface area contributed by atoms with Crippen LogP contribution in [0.1, 0.15) is 24.0 Å². The van der Waals surface area contributed by atoms with E-state index in [1.807, 2.05) is 36.4 Å². The molecule has 2 aliphatic rings. The number of oxime groups is 1. The number of anilines is 1. The van der Waals surface area contributed by atoms with Gasteiger partial charge in [-0.15, -0.1) is 0 Å². The molecule has 140 valence electrons. The van der Waals surface area contributed by atoms with Crippen LogP contribution in [0, 0.1) is 0 Å². The maximum Gasteiger partial charge on any atom is 0.387 e. The third-order valence-corrected chi connectivity index (χ3v) is 4.71. The van der Waals surface area contributed by atoms with Gasteiger partial charge in [0, 0.05) is 13.0 Å². The van der Waals surface area contributed by atoms with E-state index in [1.165, 1.54) is 11.0 Å². The number of alkyl halides is 2. The Morgan fingerprint density at radius 3 is 2.78 bits per heavy atom. The van der Waals surface area contributed by atoms with E-state index in [4.69, 9.17) is 4.84 Å². The minimum absolute atomic E-state index is 0.0118. The maximum absolute atomic E-state index is 13.1. The lowest BCUT2D eigenvalue weighted by Gasteiger charge is -2.32. The van der Waals surface area contributed by atoms with E-state index >= 15 is 0 Å². The summed E-state index contributed by atoms with van der Waals surface area (Å²) in [7, 11) is 0. The summed E-state index contributed by atoms with van der Waals surface area (Å²) in [5.74, 6) is -0.284. The fourth-order valence-electron chi connectivity index (χ4n) is 3.51. The minimum atomic E-state index is -2.95. The maximum atomic E-state index is 13.1. The number of ether oxygens (including phenoxy) is 1. The highest BCUT2D eigenvalue weighted by Gasteiger charge is 2.36. The zero-order chi connectivity index (χ0) is 18.8. The number of nitrogens with zero attached hydrogens (tertiary/aromatic N) is 2. The molecule has 2 aromatic carbocycles. The van der Waals surface area contributed by atoms with Gasteiger partial charge in [0.05, 0.1) is 11.4 Å². The quantitative estimate of drug-likeness (QED) is 0.821. The van der Waals surface area contributed by atoms with E-state index in [1.54, 1.807) is 6.07 Å². The average Bonchev–Trinajstić information content (AvgIpc) is 3.18. The van der Waals surface area contributed by atoms with E-state index in [-0.39, 0.29) is 11.7 Å². The number of rotatable bonds is 4. The zero-order valence-electron chi connectivity index (χ0n) is 14.5. The Morgan fingerprint density at radius 1 is 1.19 bits per heavy atom. The molecule has 0 N–H and O–H groups in total. The number of aryl methyl sites for hydroxylation is 1. The summed E-state index contributed by atoms with van der Waals surface area (Å²) < 4.78 is 30.2. The summed E-state index contributed by atoms with van der Waals surface area (Å²) in [6.45, 7) is -2.53. The second kappa shape index (κ2) is 7.34. The first kappa shape index (κ1) is 17.5. The monoisotopic (exact) mass is 372 g/mol. The molecule has 27 heavy (non-hydrogen) atoms. The van der Waals surface area contributed by atoms with Crippen LogP contribution in [-0.4, -0.2) is 30.9 Å². The fraction of sp³-hybridized carbons (Fsp3) is 0.300. The van der Waals surface area contributed by atoms with Gasteiger partial charge in [-0.2, -0.15) is 8.78 Å². The number of hydrogen-bond donors (Lipinski definition) is 0. The topological polar surface area (TPSA) is 51.1 Å². The van der Waals surface area contributed by atoms with Crippen molar-refractivity contribution in [1.82, 2.24) is 0 Å². The van der Waals surface area contributed by atoms with Gasteiger partial charge < -0.3 is 14.5 Å². The number of amides is 1. The molecule has 5 nitrogen and oxygen atoms in total. The number of para-hydroxylation sites is 1. The van der Waals surface area contributed by atoms with Crippen LogP contribution in [0.25, 0.3) is 0 Å². The number of benzene rings is 2. The summed E-state index contributed by atoms with van der Waals surface area (Å²) in [5, 5.41) is 4.05. The first-order valence-corrected chi connectivity index (χ1v) is 8.79. The summed E-state index contributed by atoms with van der Waals surface area (Å²) >= 11 is 0. The van der Waals surface area contributed by atoms with Crippen LogP contribution >= 0.6 is 0 Å². The van der Waals surface area contributed by atoms with Crippen LogP contribution < -0.4 is 9.64 Å². The van der Waals surface area contributed by atoms with Crippen LogP contribution in [0.5, 0.6) is 5.75 Å². The summed E-state index contributed by atoms with van der Waals surface area (Å²) in [6.07, 6.45) is 1.02. The molecule has 0 aliphatic carbocycles. The molecule has 2 aliphatic heterocycles. The molecule has 4 rings (SSSR count). The molecular weight excluding hydrogens is 354 g/mol. The lowest BCUT2D eigenvalue weighted by atomic mass is 9.99. The van der Waals surface area contributed by atoms with Crippen molar-refractivity contribution in [3.05, 3.63) is 59.7 Å². The second-order valence-electron chi connectivity index (χ2n) is 6.44. The Hall–Kier alpha value is -2.96. The smallest absolute Gasteiger partial charge is 0.387 e. The predicted octanol–water partition coefficient (Wildman–Crippen LogP) is 3.76. The Balaban J connectivity index is 1.56. The number of carbonyl (C=O) groups is 1. The van der Waals surface area contributed by atoms with Gasteiger partial charge in [-0.25, -0.2) is 0 Å². The highest BCUT2D eigenvalue weighted by atomic mass is 19.3. The molecule has 0 radical (unpaired) electrons.